The zero-order valence-electron chi connectivity index (χ0n) is 27.8. The first-order valence-electron chi connectivity index (χ1n) is 16.9. The van der Waals surface area contributed by atoms with Crippen LogP contribution in [0.1, 0.15) is 39.2 Å². The van der Waals surface area contributed by atoms with Crippen LogP contribution in [0.4, 0.5) is 0 Å². The first kappa shape index (κ1) is 34.3. The highest BCUT2D eigenvalue weighted by molar-refractivity contribution is 5.99. The molecule has 1 aromatic rings. The fourth-order valence-corrected chi connectivity index (χ4v) is 8.48. The number of aliphatic hydroxyl groups excluding tert-OH is 1. The quantitative estimate of drug-likeness (QED) is 0.295. The monoisotopic (exact) mass is 636 g/mol. The van der Waals surface area contributed by atoms with Crippen molar-refractivity contribution in [3.05, 3.63) is 61.2 Å². The molecule has 4 aliphatic rings. The van der Waals surface area contributed by atoms with E-state index in [1.165, 1.54) is 0 Å². The summed E-state index contributed by atoms with van der Waals surface area (Å²) in [6.45, 7) is 18.7. The topological polar surface area (TPSA) is 103 Å². The van der Waals surface area contributed by atoms with E-state index in [4.69, 9.17) is 9.47 Å². The van der Waals surface area contributed by atoms with Gasteiger partial charge in [0.1, 0.15) is 11.6 Å². The Labute approximate surface area is 274 Å². The third-order valence-electron chi connectivity index (χ3n) is 10.8. The Morgan fingerprint density at radius 2 is 1.74 bits per heavy atom. The van der Waals surface area contributed by atoms with Crippen LogP contribution in [0.3, 0.4) is 0 Å². The summed E-state index contributed by atoms with van der Waals surface area (Å²) in [7, 11) is 0. The summed E-state index contributed by atoms with van der Waals surface area (Å²) in [6, 6.07) is 8.03. The van der Waals surface area contributed by atoms with Crippen LogP contribution in [0.5, 0.6) is 0 Å². The summed E-state index contributed by atoms with van der Waals surface area (Å²) in [4.78, 5) is 51.7. The lowest BCUT2D eigenvalue weighted by Gasteiger charge is -2.40. The summed E-state index contributed by atoms with van der Waals surface area (Å²) >= 11 is 0. The maximum Gasteiger partial charge on any atom is 0.248 e. The molecular formula is C36H52N4O6. The van der Waals surface area contributed by atoms with Gasteiger partial charge >= 0.3 is 0 Å². The van der Waals surface area contributed by atoms with Gasteiger partial charge in [-0.05, 0) is 37.7 Å². The molecular weight excluding hydrogens is 584 g/mol. The van der Waals surface area contributed by atoms with Crippen molar-refractivity contribution in [2.24, 2.45) is 17.8 Å². The second kappa shape index (κ2) is 14.4. The lowest BCUT2D eigenvalue weighted by molar-refractivity contribution is -0.157. The number of ether oxygens (including phenoxy) is 2. The molecule has 0 radical (unpaired) electrons. The third kappa shape index (κ3) is 6.05. The Hall–Kier alpha value is -3.05. The van der Waals surface area contributed by atoms with Crippen LogP contribution in [-0.4, -0.2) is 131 Å². The Morgan fingerprint density at radius 3 is 2.35 bits per heavy atom. The molecule has 2 bridgehead atoms. The molecule has 0 aromatic heterocycles. The number of fused-ring (bicyclic) bond motifs is 1. The number of carbonyl (C=O) groups is 3. The Bertz CT molecular complexity index is 1270. The summed E-state index contributed by atoms with van der Waals surface area (Å²) < 4.78 is 12.5. The zero-order valence-corrected chi connectivity index (χ0v) is 27.8. The third-order valence-corrected chi connectivity index (χ3v) is 10.8. The van der Waals surface area contributed by atoms with Crippen molar-refractivity contribution in [1.82, 2.24) is 19.6 Å². The number of likely N-dealkylation sites (tertiary alicyclic amines) is 1. The summed E-state index contributed by atoms with van der Waals surface area (Å²) in [5.74, 6) is -2.32. The average molecular weight is 637 g/mol. The van der Waals surface area contributed by atoms with Crippen molar-refractivity contribution >= 4 is 17.7 Å². The number of carbonyl (C=O) groups excluding carboxylic acids is 3. The van der Waals surface area contributed by atoms with Gasteiger partial charge in [-0.1, -0.05) is 56.3 Å². The predicted octanol–water partition coefficient (Wildman–Crippen LogP) is 2.37. The first-order valence-corrected chi connectivity index (χ1v) is 16.9. The number of morpholine rings is 1. The molecule has 7 atom stereocenters. The van der Waals surface area contributed by atoms with E-state index < -0.39 is 35.1 Å². The number of aliphatic hydroxyl groups is 1. The Morgan fingerprint density at radius 1 is 1.09 bits per heavy atom. The van der Waals surface area contributed by atoms with Crippen LogP contribution < -0.4 is 0 Å². The molecule has 1 spiro atoms. The highest BCUT2D eigenvalue weighted by Gasteiger charge is 2.80. The molecule has 1 aromatic carbocycles. The summed E-state index contributed by atoms with van der Waals surface area (Å²) in [5.41, 5.74) is -1.17. The van der Waals surface area contributed by atoms with Gasteiger partial charge in [-0.25, -0.2) is 0 Å². The largest absolute Gasteiger partial charge is 0.394 e. The maximum absolute atomic E-state index is 15.0. The second-order valence-corrected chi connectivity index (χ2v) is 13.6. The standard InChI is InChI=1S/C36H52N4O6/c1-6-14-38(15-7-2)32(42)29-30-33(43)40(28(25-41)23-27-12-10-9-11-13-27)31(36(30)24-26(4)35(29,5)46-36)34(44)39(16-8-3)18-17-37-19-21-45-22-20-37/h6,8-13,26,28-31,41H,1,3,7,14-25H2,2,4-5H3/t26?,28-,29-,30+,31?,35+,36?/m1/s1. The number of benzene rings is 1. The van der Waals surface area contributed by atoms with Gasteiger partial charge in [0.15, 0.2) is 0 Å². The van der Waals surface area contributed by atoms with Gasteiger partial charge in [0.05, 0.1) is 43.3 Å². The molecule has 3 amide bonds. The minimum absolute atomic E-state index is 0.0733. The predicted molar refractivity (Wildman–Crippen MR) is 176 cm³/mol. The van der Waals surface area contributed by atoms with Crippen LogP contribution in [0, 0.1) is 17.8 Å². The number of rotatable bonds is 15. The molecule has 4 heterocycles. The SMILES string of the molecule is C=CCN(CCN1CCOCC1)C(=O)C1N([C@@H](CO)Cc2ccccc2)C(=O)[C@@H]2[C@H](C(=O)N(CC=C)CCC)[C@@]3(C)OC12CC3C. The lowest BCUT2D eigenvalue weighted by atomic mass is 9.62. The van der Waals surface area contributed by atoms with E-state index in [1.807, 2.05) is 44.2 Å². The number of amides is 3. The zero-order chi connectivity index (χ0) is 33.1. The van der Waals surface area contributed by atoms with E-state index in [1.54, 1.807) is 26.9 Å². The maximum atomic E-state index is 15.0. The molecule has 4 fully saturated rings. The molecule has 4 saturated heterocycles. The van der Waals surface area contributed by atoms with Crippen molar-refractivity contribution in [2.45, 2.75) is 63.3 Å². The van der Waals surface area contributed by atoms with E-state index in [9.17, 15) is 19.5 Å². The van der Waals surface area contributed by atoms with Crippen molar-refractivity contribution in [1.29, 1.82) is 0 Å². The molecule has 1 N–H and O–H groups in total. The van der Waals surface area contributed by atoms with E-state index in [0.717, 1.165) is 25.1 Å². The fraction of sp³-hybridized carbons (Fsp3) is 0.639. The summed E-state index contributed by atoms with van der Waals surface area (Å²) in [6.07, 6.45) is 5.03. The molecule has 10 nitrogen and oxygen atoms in total. The number of hydrogen-bond donors (Lipinski definition) is 1. The second-order valence-electron chi connectivity index (χ2n) is 13.6. The number of hydrogen-bond acceptors (Lipinski definition) is 7. The van der Waals surface area contributed by atoms with Crippen molar-refractivity contribution in [2.75, 3.05) is 65.6 Å². The highest BCUT2D eigenvalue weighted by atomic mass is 16.5. The highest BCUT2D eigenvalue weighted by Crippen LogP contribution is 2.65. The van der Waals surface area contributed by atoms with Gasteiger partial charge in [0.25, 0.3) is 0 Å². The molecule has 46 heavy (non-hydrogen) atoms. The smallest absolute Gasteiger partial charge is 0.248 e. The van der Waals surface area contributed by atoms with Gasteiger partial charge in [-0.2, -0.15) is 0 Å². The van der Waals surface area contributed by atoms with Crippen molar-refractivity contribution < 1.29 is 29.0 Å². The minimum Gasteiger partial charge on any atom is -0.394 e. The molecule has 0 saturated carbocycles. The van der Waals surface area contributed by atoms with Gasteiger partial charge in [-0.15, -0.1) is 13.2 Å². The molecule has 4 aliphatic heterocycles. The van der Waals surface area contributed by atoms with E-state index in [0.29, 0.717) is 58.8 Å². The van der Waals surface area contributed by atoms with Crippen LogP contribution >= 0.6 is 0 Å². The van der Waals surface area contributed by atoms with Crippen LogP contribution in [0.15, 0.2) is 55.6 Å². The van der Waals surface area contributed by atoms with Crippen molar-refractivity contribution in [3.63, 3.8) is 0 Å². The lowest BCUT2D eigenvalue weighted by Crippen LogP contribution is -2.60. The molecule has 252 valence electrons. The van der Waals surface area contributed by atoms with Gasteiger partial charge in [0, 0.05) is 45.8 Å². The van der Waals surface area contributed by atoms with E-state index in [2.05, 4.69) is 25.0 Å². The van der Waals surface area contributed by atoms with E-state index in [-0.39, 0.29) is 30.2 Å². The van der Waals surface area contributed by atoms with Gasteiger partial charge in [0.2, 0.25) is 17.7 Å². The Balaban J connectivity index is 1.57. The molecule has 5 rings (SSSR count). The number of nitrogens with zero attached hydrogens (tertiary/aromatic N) is 4. The average Bonchev–Trinajstić information content (AvgIpc) is 3.58. The van der Waals surface area contributed by atoms with Crippen LogP contribution in [0.2, 0.25) is 0 Å². The van der Waals surface area contributed by atoms with Gasteiger partial charge in [-0.3, -0.25) is 19.3 Å². The van der Waals surface area contributed by atoms with E-state index >= 15 is 0 Å². The molecule has 10 heteroatoms. The summed E-state index contributed by atoms with van der Waals surface area (Å²) in [5, 5.41) is 10.8. The molecule has 3 unspecified atom stereocenters. The minimum atomic E-state index is -1.20. The van der Waals surface area contributed by atoms with Crippen LogP contribution in [0.25, 0.3) is 0 Å². The fourth-order valence-electron chi connectivity index (χ4n) is 8.48. The molecule has 0 aliphatic carbocycles. The Kier molecular flexibility index (Phi) is 10.7. The first-order chi connectivity index (χ1) is 22.2. The van der Waals surface area contributed by atoms with Gasteiger partial charge < -0.3 is 29.3 Å². The normalized spacial score (nSPS) is 31.0. The van der Waals surface area contributed by atoms with Crippen molar-refractivity contribution in [3.8, 4) is 0 Å². The van der Waals surface area contributed by atoms with Crippen LogP contribution in [-0.2, 0) is 30.3 Å².